The molecule has 0 unspecified atom stereocenters. The Hall–Kier alpha value is -2.87. The third-order valence-electron chi connectivity index (χ3n) is 3.97. The molecule has 5 heteroatoms. The smallest absolute Gasteiger partial charge is 0.274 e. The number of carbonyl (C=O) groups is 1. The van der Waals surface area contributed by atoms with Gasteiger partial charge in [-0.25, -0.2) is 0 Å². The first kappa shape index (κ1) is 15.0. The molecule has 2 heterocycles. The molecule has 0 bridgehead atoms. The van der Waals surface area contributed by atoms with Gasteiger partial charge in [0.15, 0.2) is 0 Å². The Morgan fingerprint density at radius 2 is 1.87 bits per heavy atom. The summed E-state index contributed by atoms with van der Waals surface area (Å²) in [5.41, 5.74) is 2.66. The fourth-order valence-corrected chi connectivity index (χ4v) is 2.72. The number of rotatable bonds is 3. The monoisotopic (exact) mass is 306 g/mol. The number of benzene rings is 1. The van der Waals surface area contributed by atoms with Crippen molar-refractivity contribution in [1.29, 1.82) is 5.26 Å². The number of piperidine rings is 1. The van der Waals surface area contributed by atoms with Gasteiger partial charge in [-0.1, -0.05) is 0 Å². The highest BCUT2D eigenvalue weighted by Crippen LogP contribution is 2.20. The summed E-state index contributed by atoms with van der Waals surface area (Å²) in [6.07, 6.45) is 5.33. The molecule has 1 N–H and O–H groups in total. The predicted molar refractivity (Wildman–Crippen MR) is 89.4 cm³/mol. The molecule has 3 rings (SSSR count). The minimum atomic E-state index is -0.242. The normalized spacial score (nSPS) is 14.1. The summed E-state index contributed by atoms with van der Waals surface area (Å²) in [5.74, 6) is -0.242. The second-order valence-electron chi connectivity index (χ2n) is 5.59. The lowest BCUT2D eigenvalue weighted by atomic mass is 10.1. The number of anilines is 2. The van der Waals surface area contributed by atoms with Gasteiger partial charge in [0.05, 0.1) is 11.6 Å². The summed E-state index contributed by atoms with van der Waals surface area (Å²) in [6, 6.07) is 12.6. The van der Waals surface area contributed by atoms with Crippen LogP contribution in [0.25, 0.3) is 0 Å². The van der Waals surface area contributed by atoms with Crippen molar-refractivity contribution in [3.05, 3.63) is 53.9 Å². The van der Waals surface area contributed by atoms with E-state index in [0.717, 1.165) is 18.8 Å². The van der Waals surface area contributed by atoms with Crippen LogP contribution in [0.3, 0.4) is 0 Å². The number of nitrogens with zero attached hydrogens (tertiary/aromatic N) is 3. The van der Waals surface area contributed by atoms with Crippen LogP contribution in [0.1, 0.15) is 35.3 Å². The van der Waals surface area contributed by atoms with E-state index in [0.29, 0.717) is 16.9 Å². The Kier molecular flexibility index (Phi) is 4.53. The Morgan fingerprint density at radius 1 is 1.13 bits per heavy atom. The van der Waals surface area contributed by atoms with Crippen LogP contribution in [-0.4, -0.2) is 24.0 Å². The molecule has 23 heavy (non-hydrogen) atoms. The van der Waals surface area contributed by atoms with Crippen LogP contribution in [-0.2, 0) is 0 Å². The fraction of sp³-hybridized carbons (Fsp3) is 0.278. The molecule has 116 valence electrons. The molecule has 1 aliphatic heterocycles. The highest BCUT2D eigenvalue weighted by molar-refractivity contribution is 6.03. The average Bonchev–Trinajstić information content (AvgIpc) is 2.63. The van der Waals surface area contributed by atoms with Crippen LogP contribution in [0, 0.1) is 11.3 Å². The maximum absolute atomic E-state index is 12.3. The number of amides is 1. The molecule has 1 fully saturated rings. The van der Waals surface area contributed by atoms with Crippen LogP contribution >= 0.6 is 0 Å². The highest BCUT2D eigenvalue weighted by Gasteiger charge is 2.14. The van der Waals surface area contributed by atoms with Gasteiger partial charge in [-0.15, -0.1) is 0 Å². The molecular weight excluding hydrogens is 288 g/mol. The van der Waals surface area contributed by atoms with Crippen LogP contribution < -0.4 is 10.2 Å². The zero-order chi connectivity index (χ0) is 16.1. The third-order valence-corrected chi connectivity index (χ3v) is 3.97. The number of aromatic nitrogens is 1. The summed E-state index contributed by atoms with van der Waals surface area (Å²) < 4.78 is 0. The van der Waals surface area contributed by atoms with Crippen molar-refractivity contribution in [2.45, 2.75) is 19.3 Å². The first-order valence-corrected chi connectivity index (χ1v) is 7.79. The van der Waals surface area contributed by atoms with Gasteiger partial charge in [-0.05, 0) is 55.7 Å². The second-order valence-corrected chi connectivity index (χ2v) is 5.59. The second kappa shape index (κ2) is 6.93. The third kappa shape index (κ3) is 3.67. The predicted octanol–water partition coefficient (Wildman–Crippen LogP) is 3.20. The van der Waals surface area contributed by atoms with Crippen molar-refractivity contribution in [3.63, 3.8) is 0 Å². The van der Waals surface area contributed by atoms with Gasteiger partial charge in [-0.3, -0.25) is 9.78 Å². The molecular formula is C18H18N4O. The van der Waals surface area contributed by atoms with Gasteiger partial charge >= 0.3 is 0 Å². The zero-order valence-corrected chi connectivity index (χ0v) is 12.8. The number of carbonyl (C=O) groups excluding carboxylic acids is 1. The summed E-state index contributed by atoms with van der Waals surface area (Å²) in [5, 5.41) is 11.6. The Morgan fingerprint density at radius 3 is 2.57 bits per heavy atom. The van der Waals surface area contributed by atoms with Gasteiger partial charge in [0.2, 0.25) is 0 Å². The topological polar surface area (TPSA) is 69.0 Å². The van der Waals surface area contributed by atoms with Crippen LogP contribution in [0.15, 0.2) is 42.6 Å². The highest BCUT2D eigenvalue weighted by atomic mass is 16.1. The van der Waals surface area contributed by atoms with E-state index >= 15 is 0 Å². The molecule has 2 aromatic rings. The van der Waals surface area contributed by atoms with E-state index in [1.165, 1.54) is 19.3 Å². The van der Waals surface area contributed by atoms with E-state index in [1.807, 2.05) is 12.1 Å². The maximum Gasteiger partial charge on any atom is 0.274 e. The number of pyridine rings is 1. The number of nitrogens with one attached hydrogen (secondary N) is 1. The van der Waals surface area contributed by atoms with E-state index in [9.17, 15) is 4.79 Å². The van der Waals surface area contributed by atoms with Gasteiger partial charge in [-0.2, -0.15) is 5.26 Å². The molecule has 1 aliphatic rings. The first-order chi connectivity index (χ1) is 11.3. The largest absolute Gasteiger partial charge is 0.371 e. The van der Waals surface area contributed by atoms with Gasteiger partial charge in [0.1, 0.15) is 5.69 Å². The zero-order valence-electron chi connectivity index (χ0n) is 12.8. The molecule has 0 radical (unpaired) electrons. The fourth-order valence-electron chi connectivity index (χ4n) is 2.72. The molecule has 1 aromatic heterocycles. The molecule has 0 spiro atoms. The van der Waals surface area contributed by atoms with Crippen molar-refractivity contribution < 1.29 is 4.79 Å². The van der Waals surface area contributed by atoms with Crippen molar-refractivity contribution in [2.75, 3.05) is 23.3 Å². The molecule has 0 saturated carbocycles. The lowest BCUT2D eigenvalue weighted by Gasteiger charge is -2.28. The van der Waals surface area contributed by atoms with Gasteiger partial charge in [0.25, 0.3) is 5.91 Å². The summed E-state index contributed by atoms with van der Waals surface area (Å²) in [6.45, 7) is 2.06. The van der Waals surface area contributed by atoms with Gasteiger partial charge in [0, 0.05) is 30.7 Å². The van der Waals surface area contributed by atoms with E-state index in [4.69, 9.17) is 5.26 Å². The quantitative estimate of drug-likeness (QED) is 0.945. The minimum Gasteiger partial charge on any atom is -0.371 e. The molecule has 0 atom stereocenters. The average molecular weight is 306 g/mol. The van der Waals surface area contributed by atoms with E-state index in [2.05, 4.69) is 21.3 Å². The Labute approximate surface area is 135 Å². The van der Waals surface area contributed by atoms with Crippen LogP contribution in [0.2, 0.25) is 0 Å². The summed E-state index contributed by atoms with van der Waals surface area (Å²) >= 11 is 0. The Balaban J connectivity index is 1.72. The molecule has 0 aliphatic carbocycles. The molecule has 1 saturated heterocycles. The Bertz CT molecular complexity index is 727. The minimum absolute atomic E-state index is 0.242. The number of hydrogen-bond acceptors (Lipinski definition) is 4. The van der Waals surface area contributed by atoms with E-state index in [1.54, 1.807) is 30.5 Å². The van der Waals surface area contributed by atoms with Crippen molar-refractivity contribution in [1.82, 2.24) is 4.98 Å². The molecule has 5 nitrogen and oxygen atoms in total. The summed E-state index contributed by atoms with van der Waals surface area (Å²) in [4.78, 5) is 18.8. The van der Waals surface area contributed by atoms with Crippen molar-refractivity contribution >= 4 is 17.3 Å². The van der Waals surface area contributed by atoms with E-state index < -0.39 is 0 Å². The van der Waals surface area contributed by atoms with Crippen molar-refractivity contribution in [2.24, 2.45) is 0 Å². The van der Waals surface area contributed by atoms with Gasteiger partial charge < -0.3 is 10.2 Å². The maximum atomic E-state index is 12.3. The van der Waals surface area contributed by atoms with Crippen LogP contribution in [0.4, 0.5) is 11.4 Å². The lowest BCUT2D eigenvalue weighted by Crippen LogP contribution is -2.29. The van der Waals surface area contributed by atoms with E-state index in [-0.39, 0.29) is 5.91 Å². The SMILES string of the molecule is N#Cc1ccc(NC(=O)c2cc(N3CCCCC3)ccn2)cc1. The standard InChI is InChI=1S/C18H18N4O/c19-13-14-4-6-15(7-5-14)21-18(23)17-12-16(8-9-20-17)22-10-2-1-3-11-22/h4-9,12H,1-3,10-11H2,(H,21,23). The summed E-state index contributed by atoms with van der Waals surface area (Å²) in [7, 11) is 0. The number of hydrogen-bond donors (Lipinski definition) is 1. The first-order valence-electron chi connectivity index (χ1n) is 7.79. The van der Waals surface area contributed by atoms with Crippen molar-refractivity contribution in [3.8, 4) is 6.07 Å². The molecule has 1 amide bonds. The molecule has 1 aromatic carbocycles. The lowest BCUT2D eigenvalue weighted by molar-refractivity contribution is 0.102. The van der Waals surface area contributed by atoms with Crippen LogP contribution in [0.5, 0.6) is 0 Å². The number of nitriles is 1.